The van der Waals surface area contributed by atoms with Gasteiger partial charge in [0.2, 0.25) is 0 Å². The van der Waals surface area contributed by atoms with E-state index in [4.69, 9.17) is 5.11 Å². The second kappa shape index (κ2) is 2.39. The van der Waals surface area contributed by atoms with Crippen molar-refractivity contribution in [2.75, 3.05) is 0 Å². The third kappa shape index (κ3) is 0.932. The average Bonchev–Trinajstić information content (AvgIpc) is 2.33. The van der Waals surface area contributed by atoms with Gasteiger partial charge in [-0.25, -0.2) is 4.68 Å². The number of aromatic nitrogens is 1. The summed E-state index contributed by atoms with van der Waals surface area (Å²) in [6, 6.07) is 3.46. The van der Waals surface area contributed by atoms with Crippen LogP contribution in [0, 0.1) is 0 Å². The molecular weight excluding hydrogens is 128 g/mol. The molecule has 3 nitrogen and oxygen atoms in total. The van der Waals surface area contributed by atoms with Crippen LogP contribution in [0.3, 0.4) is 0 Å². The molecule has 1 N–H and O–H groups in total. The first-order valence-electron chi connectivity index (χ1n) is 2.78. The van der Waals surface area contributed by atoms with Crippen LogP contribution in [0.25, 0.3) is 5.76 Å². The number of aliphatic hydroxyl groups excluding tert-OH is 1. The van der Waals surface area contributed by atoms with Gasteiger partial charge < -0.3 is 5.11 Å². The van der Waals surface area contributed by atoms with E-state index in [-0.39, 0.29) is 5.76 Å². The van der Waals surface area contributed by atoms with Crippen LogP contribution < -0.4 is 0 Å². The lowest BCUT2D eigenvalue weighted by atomic mass is 10.4. The second-order valence-electron chi connectivity index (χ2n) is 1.83. The number of nitrogens with zero attached hydrogens (tertiary/aromatic N) is 2. The molecule has 1 aromatic heterocycles. The maximum absolute atomic E-state index is 8.92. The molecule has 0 saturated carbocycles. The number of aliphatic hydroxyl groups is 1. The van der Waals surface area contributed by atoms with E-state index in [9.17, 15) is 0 Å². The quantitative estimate of drug-likeness (QED) is 0.485. The molecule has 52 valence electrons. The summed E-state index contributed by atoms with van der Waals surface area (Å²) >= 11 is 0. The highest BCUT2D eigenvalue weighted by Gasteiger charge is 1.99. The van der Waals surface area contributed by atoms with Crippen LogP contribution in [0.1, 0.15) is 5.69 Å². The van der Waals surface area contributed by atoms with Crippen LogP contribution in [0.4, 0.5) is 0 Å². The van der Waals surface area contributed by atoms with E-state index in [1.165, 1.54) is 4.68 Å². The van der Waals surface area contributed by atoms with E-state index in [1.807, 2.05) is 0 Å². The zero-order valence-electron chi connectivity index (χ0n) is 5.49. The number of hydrogen-bond acceptors (Lipinski definition) is 2. The standard InChI is InChI=1S/C7H8N2O/c1-6(10)7-4-3-5-9(7)8-2/h3-5,10H,1-2H2. The molecule has 0 fully saturated rings. The van der Waals surface area contributed by atoms with Crippen LogP contribution in [0.2, 0.25) is 0 Å². The first kappa shape index (κ1) is 6.61. The Morgan fingerprint density at radius 3 is 2.80 bits per heavy atom. The molecule has 3 heteroatoms. The Hall–Kier alpha value is -1.51. The minimum absolute atomic E-state index is 0.00241. The number of hydrogen-bond donors (Lipinski definition) is 1. The number of rotatable bonds is 2. The van der Waals surface area contributed by atoms with Gasteiger partial charge in [0.1, 0.15) is 11.5 Å². The van der Waals surface area contributed by atoms with E-state index < -0.39 is 0 Å². The Bertz CT molecular complexity index is 262. The summed E-state index contributed by atoms with van der Waals surface area (Å²) in [5, 5.41) is 12.5. The van der Waals surface area contributed by atoms with Gasteiger partial charge in [-0.05, 0) is 12.1 Å². The van der Waals surface area contributed by atoms with Crippen LogP contribution in [-0.2, 0) is 0 Å². The Labute approximate surface area is 58.9 Å². The monoisotopic (exact) mass is 136 g/mol. The third-order valence-electron chi connectivity index (χ3n) is 1.18. The summed E-state index contributed by atoms with van der Waals surface area (Å²) in [6.45, 7) is 6.66. The summed E-state index contributed by atoms with van der Waals surface area (Å²) in [4.78, 5) is 0. The van der Waals surface area contributed by atoms with Crippen molar-refractivity contribution in [2.24, 2.45) is 5.10 Å². The smallest absolute Gasteiger partial charge is 0.134 e. The van der Waals surface area contributed by atoms with Gasteiger partial charge in [-0.3, -0.25) is 0 Å². The maximum Gasteiger partial charge on any atom is 0.134 e. The van der Waals surface area contributed by atoms with E-state index in [1.54, 1.807) is 18.3 Å². The predicted molar refractivity (Wildman–Crippen MR) is 41.0 cm³/mol. The minimum atomic E-state index is -0.00241. The predicted octanol–water partition coefficient (Wildman–Crippen LogP) is 1.48. The van der Waals surface area contributed by atoms with Gasteiger partial charge >= 0.3 is 0 Å². The normalized spacial score (nSPS) is 9.20. The Morgan fingerprint density at radius 1 is 1.70 bits per heavy atom. The van der Waals surface area contributed by atoms with Gasteiger partial charge in [-0.15, -0.1) is 0 Å². The van der Waals surface area contributed by atoms with Crippen molar-refractivity contribution in [3.05, 3.63) is 30.6 Å². The molecule has 0 aliphatic heterocycles. The summed E-state index contributed by atoms with van der Waals surface area (Å²) in [7, 11) is 0. The lowest BCUT2D eigenvalue weighted by Gasteiger charge is -1.97. The third-order valence-corrected chi connectivity index (χ3v) is 1.18. The fourth-order valence-electron chi connectivity index (χ4n) is 0.724. The van der Waals surface area contributed by atoms with E-state index >= 15 is 0 Å². The molecule has 0 aliphatic rings. The van der Waals surface area contributed by atoms with Crippen molar-refractivity contribution in [3.8, 4) is 0 Å². The first-order valence-corrected chi connectivity index (χ1v) is 2.78. The van der Waals surface area contributed by atoms with Crippen LogP contribution in [-0.4, -0.2) is 16.5 Å². The lowest BCUT2D eigenvalue weighted by molar-refractivity contribution is 0.506. The minimum Gasteiger partial charge on any atom is -0.506 e. The van der Waals surface area contributed by atoms with Gasteiger partial charge in [0.25, 0.3) is 0 Å². The van der Waals surface area contributed by atoms with Crippen molar-refractivity contribution in [1.82, 2.24) is 4.68 Å². The molecule has 0 saturated heterocycles. The molecule has 0 aromatic carbocycles. The maximum atomic E-state index is 8.92. The van der Waals surface area contributed by atoms with Crippen LogP contribution >= 0.6 is 0 Å². The topological polar surface area (TPSA) is 37.5 Å². The van der Waals surface area contributed by atoms with Gasteiger partial charge in [0, 0.05) is 12.9 Å². The molecule has 0 bridgehead atoms. The Balaban J connectivity index is 3.13. The zero-order valence-corrected chi connectivity index (χ0v) is 5.49. The fourth-order valence-corrected chi connectivity index (χ4v) is 0.724. The molecule has 0 amide bonds. The highest BCUT2D eigenvalue weighted by molar-refractivity contribution is 5.52. The van der Waals surface area contributed by atoms with Crippen LogP contribution in [0.15, 0.2) is 30.0 Å². The van der Waals surface area contributed by atoms with Crippen molar-refractivity contribution in [1.29, 1.82) is 0 Å². The molecule has 0 radical (unpaired) electrons. The summed E-state index contributed by atoms with van der Waals surface area (Å²) in [5.41, 5.74) is 0.565. The molecule has 1 rings (SSSR count). The fraction of sp³-hybridized carbons (Fsp3) is 0. The van der Waals surface area contributed by atoms with Crippen molar-refractivity contribution in [3.63, 3.8) is 0 Å². The first-order chi connectivity index (χ1) is 4.75. The Morgan fingerprint density at radius 2 is 2.40 bits per heavy atom. The zero-order chi connectivity index (χ0) is 7.56. The molecule has 1 heterocycles. The Kier molecular flexibility index (Phi) is 1.58. The largest absolute Gasteiger partial charge is 0.506 e. The van der Waals surface area contributed by atoms with Crippen LogP contribution in [0.5, 0.6) is 0 Å². The molecule has 1 aromatic rings. The average molecular weight is 136 g/mol. The summed E-state index contributed by atoms with van der Waals surface area (Å²) in [5.74, 6) is -0.00241. The molecule has 0 unspecified atom stereocenters. The van der Waals surface area contributed by atoms with E-state index in [0.29, 0.717) is 5.69 Å². The highest BCUT2D eigenvalue weighted by atomic mass is 16.3. The van der Waals surface area contributed by atoms with Gasteiger partial charge in [0.15, 0.2) is 0 Å². The van der Waals surface area contributed by atoms with E-state index in [2.05, 4.69) is 18.4 Å². The van der Waals surface area contributed by atoms with E-state index in [0.717, 1.165) is 0 Å². The summed E-state index contributed by atoms with van der Waals surface area (Å²) in [6.07, 6.45) is 1.68. The second-order valence-corrected chi connectivity index (χ2v) is 1.83. The van der Waals surface area contributed by atoms with Crippen molar-refractivity contribution < 1.29 is 5.11 Å². The van der Waals surface area contributed by atoms with Gasteiger partial charge in [0.05, 0.1) is 0 Å². The van der Waals surface area contributed by atoms with Gasteiger partial charge in [-0.1, -0.05) is 6.58 Å². The molecular formula is C7H8N2O. The highest BCUT2D eigenvalue weighted by Crippen LogP contribution is 2.08. The SMILES string of the molecule is C=Nn1cccc1C(=C)O. The van der Waals surface area contributed by atoms with Crippen molar-refractivity contribution in [2.45, 2.75) is 0 Å². The molecule has 0 spiro atoms. The van der Waals surface area contributed by atoms with Crippen molar-refractivity contribution >= 4 is 12.5 Å². The molecule has 0 aliphatic carbocycles. The lowest BCUT2D eigenvalue weighted by Crippen LogP contribution is -1.91. The molecule has 10 heavy (non-hydrogen) atoms. The summed E-state index contributed by atoms with van der Waals surface area (Å²) < 4.78 is 1.45. The van der Waals surface area contributed by atoms with Gasteiger partial charge in [-0.2, -0.15) is 5.10 Å². The molecule has 0 atom stereocenters.